The van der Waals surface area contributed by atoms with Gasteiger partial charge < -0.3 is 19.9 Å². The number of ketones is 1. The maximum absolute atomic E-state index is 12.6. The second-order valence-corrected chi connectivity index (χ2v) is 8.49. The number of carbonyl (C=O) groups is 1. The summed E-state index contributed by atoms with van der Waals surface area (Å²) in [7, 11) is 0. The van der Waals surface area contributed by atoms with Crippen molar-refractivity contribution in [1.82, 2.24) is 24.9 Å². The number of benzene rings is 1. The molecule has 0 saturated carbocycles. The molecule has 0 radical (unpaired) electrons. The first-order valence-electron chi connectivity index (χ1n) is 10.1. The molecule has 0 bridgehead atoms. The van der Waals surface area contributed by atoms with Crippen LogP contribution in [-0.2, 0) is 5.41 Å². The SMILES string of the molecule is CC(C)(C)c1[nH]cnc1/C=c1\[nH]c(=O)/c(=C/c2cccc(C(=O)c3cc[nH]c3)c2)[nH]c1=O. The van der Waals surface area contributed by atoms with Gasteiger partial charge >= 0.3 is 0 Å². The molecule has 8 heteroatoms. The Kier molecular flexibility index (Phi) is 5.36. The number of aromatic amines is 4. The highest BCUT2D eigenvalue weighted by atomic mass is 16.1. The van der Waals surface area contributed by atoms with Crippen molar-refractivity contribution in [2.45, 2.75) is 26.2 Å². The van der Waals surface area contributed by atoms with Crippen LogP contribution in [0.1, 0.15) is 53.6 Å². The Morgan fingerprint density at radius 3 is 2.34 bits per heavy atom. The monoisotopic (exact) mass is 429 g/mol. The van der Waals surface area contributed by atoms with Gasteiger partial charge in [-0.15, -0.1) is 0 Å². The van der Waals surface area contributed by atoms with Crippen LogP contribution in [0.3, 0.4) is 0 Å². The summed E-state index contributed by atoms with van der Waals surface area (Å²) in [5.41, 5.74) is 1.99. The molecule has 0 aliphatic carbocycles. The van der Waals surface area contributed by atoms with Gasteiger partial charge in [-0.25, -0.2) is 4.98 Å². The molecule has 0 fully saturated rings. The van der Waals surface area contributed by atoms with E-state index in [1.165, 1.54) is 6.08 Å². The Morgan fingerprint density at radius 1 is 0.969 bits per heavy atom. The first-order valence-corrected chi connectivity index (χ1v) is 10.1. The van der Waals surface area contributed by atoms with Crippen molar-refractivity contribution in [2.24, 2.45) is 0 Å². The van der Waals surface area contributed by atoms with Gasteiger partial charge in [0.2, 0.25) is 0 Å². The normalized spacial score (nSPS) is 13.0. The molecule has 0 unspecified atom stereocenters. The van der Waals surface area contributed by atoms with E-state index in [-0.39, 0.29) is 21.9 Å². The van der Waals surface area contributed by atoms with Crippen LogP contribution in [0.5, 0.6) is 0 Å². The number of hydrogen-bond donors (Lipinski definition) is 4. The van der Waals surface area contributed by atoms with Gasteiger partial charge in [-0.3, -0.25) is 14.4 Å². The quantitative estimate of drug-likeness (QED) is 0.365. The second kappa shape index (κ2) is 8.14. The zero-order chi connectivity index (χ0) is 22.9. The lowest BCUT2D eigenvalue weighted by molar-refractivity contribution is 0.103. The summed E-state index contributed by atoms with van der Waals surface area (Å²) < 4.78 is 0. The molecule has 4 rings (SSSR count). The van der Waals surface area contributed by atoms with Crippen molar-refractivity contribution in [1.29, 1.82) is 0 Å². The summed E-state index contributed by atoms with van der Waals surface area (Å²) in [5, 5.41) is 0.206. The molecule has 3 heterocycles. The molecule has 0 amide bonds. The van der Waals surface area contributed by atoms with E-state index in [9.17, 15) is 14.4 Å². The van der Waals surface area contributed by atoms with E-state index < -0.39 is 11.1 Å². The number of aromatic nitrogens is 5. The van der Waals surface area contributed by atoms with Crippen molar-refractivity contribution < 1.29 is 4.79 Å². The summed E-state index contributed by atoms with van der Waals surface area (Å²) in [6, 6.07) is 8.55. The van der Waals surface area contributed by atoms with Gasteiger partial charge in [-0.05, 0) is 29.8 Å². The van der Waals surface area contributed by atoms with Gasteiger partial charge in [0.05, 0.1) is 12.0 Å². The minimum atomic E-state index is -0.453. The zero-order valence-corrected chi connectivity index (χ0v) is 17.9. The second-order valence-electron chi connectivity index (χ2n) is 8.49. The van der Waals surface area contributed by atoms with Gasteiger partial charge in [0, 0.05) is 34.6 Å². The standard InChI is InChI=1S/C24H23N5O3/c1-24(2,3)21-17(26-13-27-21)11-19-23(32)28-18(22(31)29-19)10-14-5-4-6-15(9-14)20(30)16-7-8-25-12-16/h4-13,25H,1-3H3,(H,26,27)(H,28,32)(H,29,31)/b18-10-,19-11-. The number of carbonyl (C=O) groups excluding carboxylic acids is 1. The van der Waals surface area contributed by atoms with E-state index in [2.05, 4.69) is 24.9 Å². The minimum Gasteiger partial charge on any atom is -0.367 e. The molecule has 4 aromatic rings. The van der Waals surface area contributed by atoms with Crippen molar-refractivity contribution in [3.8, 4) is 0 Å². The number of nitrogens with one attached hydrogen (secondary N) is 4. The van der Waals surface area contributed by atoms with Gasteiger partial charge in [-0.2, -0.15) is 0 Å². The highest BCUT2D eigenvalue weighted by Crippen LogP contribution is 2.22. The van der Waals surface area contributed by atoms with Gasteiger partial charge in [-0.1, -0.05) is 39.0 Å². The summed E-state index contributed by atoms with van der Waals surface area (Å²) in [4.78, 5) is 53.3. The Balaban J connectivity index is 1.75. The van der Waals surface area contributed by atoms with Crippen molar-refractivity contribution in [3.05, 3.63) is 109 Å². The third kappa shape index (κ3) is 4.29. The molecule has 0 spiro atoms. The topological polar surface area (TPSA) is 127 Å². The van der Waals surface area contributed by atoms with Crippen LogP contribution in [0.25, 0.3) is 12.2 Å². The maximum atomic E-state index is 12.6. The van der Waals surface area contributed by atoms with Crippen LogP contribution in [0.2, 0.25) is 0 Å². The molecular weight excluding hydrogens is 406 g/mol. The third-order valence-electron chi connectivity index (χ3n) is 5.01. The van der Waals surface area contributed by atoms with E-state index in [1.807, 2.05) is 20.8 Å². The van der Waals surface area contributed by atoms with E-state index in [4.69, 9.17) is 0 Å². The smallest absolute Gasteiger partial charge is 0.272 e. The van der Waals surface area contributed by atoms with Gasteiger partial charge in [0.1, 0.15) is 10.7 Å². The molecule has 8 nitrogen and oxygen atoms in total. The molecule has 162 valence electrons. The lowest BCUT2D eigenvalue weighted by Crippen LogP contribution is -2.46. The van der Waals surface area contributed by atoms with E-state index in [0.717, 1.165) is 5.69 Å². The van der Waals surface area contributed by atoms with Crippen molar-refractivity contribution in [2.75, 3.05) is 0 Å². The lowest BCUT2D eigenvalue weighted by atomic mass is 9.90. The first-order chi connectivity index (χ1) is 15.2. The van der Waals surface area contributed by atoms with Gasteiger partial charge in [0.25, 0.3) is 11.1 Å². The van der Waals surface area contributed by atoms with Crippen LogP contribution in [-0.4, -0.2) is 30.7 Å². The van der Waals surface area contributed by atoms with Gasteiger partial charge in [0.15, 0.2) is 5.78 Å². The van der Waals surface area contributed by atoms with Crippen LogP contribution in [0.4, 0.5) is 0 Å². The van der Waals surface area contributed by atoms with E-state index in [1.54, 1.807) is 55.1 Å². The van der Waals surface area contributed by atoms with Crippen LogP contribution in [0, 0.1) is 0 Å². The summed E-state index contributed by atoms with van der Waals surface area (Å²) >= 11 is 0. The Bertz CT molecular complexity index is 1510. The molecule has 4 N–H and O–H groups in total. The van der Waals surface area contributed by atoms with Crippen LogP contribution in [0.15, 0.2) is 58.6 Å². The minimum absolute atomic E-state index is 0.0940. The number of hydrogen-bond acceptors (Lipinski definition) is 4. The average molecular weight is 429 g/mol. The predicted molar refractivity (Wildman–Crippen MR) is 122 cm³/mol. The summed E-state index contributed by atoms with van der Waals surface area (Å²) in [5.74, 6) is -0.137. The summed E-state index contributed by atoms with van der Waals surface area (Å²) in [6.07, 6.45) is 7.95. The van der Waals surface area contributed by atoms with Crippen molar-refractivity contribution >= 4 is 17.9 Å². The highest BCUT2D eigenvalue weighted by Gasteiger charge is 2.19. The third-order valence-corrected chi connectivity index (χ3v) is 5.01. The largest absolute Gasteiger partial charge is 0.367 e. The lowest BCUT2D eigenvalue weighted by Gasteiger charge is -2.16. The van der Waals surface area contributed by atoms with Crippen molar-refractivity contribution in [3.63, 3.8) is 0 Å². The molecular formula is C24H23N5O3. The van der Waals surface area contributed by atoms with E-state index >= 15 is 0 Å². The first kappa shape index (κ1) is 21.0. The number of nitrogens with zero attached hydrogens (tertiary/aromatic N) is 1. The molecule has 0 aliphatic rings. The number of H-pyrrole nitrogens is 4. The molecule has 0 atom stereocenters. The molecule has 32 heavy (non-hydrogen) atoms. The zero-order valence-electron chi connectivity index (χ0n) is 17.9. The number of imidazole rings is 1. The molecule has 1 aromatic carbocycles. The Hall–Kier alpha value is -4.20. The Morgan fingerprint density at radius 2 is 1.69 bits per heavy atom. The fourth-order valence-electron chi connectivity index (χ4n) is 3.42. The van der Waals surface area contributed by atoms with Crippen LogP contribution >= 0.6 is 0 Å². The molecule has 0 aliphatic heterocycles. The average Bonchev–Trinajstić information content (AvgIpc) is 3.43. The van der Waals surface area contributed by atoms with E-state index in [0.29, 0.717) is 22.4 Å². The molecule has 3 aromatic heterocycles. The number of rotatable bonds is 4. The molecule has 0 saturated heterocycles. The predicted octanol–water partition coefficient (Wildman–Crippen LogP) is 1.30. The highest BCUT2D eigenvalue weighted by molar-refractivity contribution is 6.09. The Labute approximate surface area is 182 Å². The fourth-order valence-corrected chi connectivity index (χ4v) is 3.42. The fraction of sp³-hybridized carbons (Fsp3) is 0.167. The summed E-state index contributed by atoms with van der Waals surface area (Å²) in [6.45, 7) is 6.08. The maximum Gasteiger partial charge on any atom is 0.272 e. The van der Waals surface area contributed by atoms with Crippen LogP contribution < -0.4 is 21.8 Å².